The molecule has 26 heavy (non-hydrogen) atoms. The molecular formula is C19H28N4O2S. The van der Waals surface area contributed by atoms with E-state index in [4.69, 9.17) is 5.73 Å². The summed E-state index contributed by atoms with van der Waals surface area (Å²) in [4.78, 5) is 33.8. The lowest BCUT2D eigenvalue weighted by Gasteiger charge is -2.23. The fourth-order valence-corrected chi connectivity index (χ4v) is 4.58. The van der Waals surface area contributed by atoms with Gasteiger partial charge >= 0.3 is 0 Å². The van der Waals surface area contributed by atoms with Crippen LogP contribution >= 0.6 is 11.8 Å². The minimum Gasteiger partial charge on any atom is -0.342 e. The molecule has 2 aliphatic rings. The van der Waals surface area contributed by atoms with Gasteiger partial charge in [-0.15, -0.1) is 0 Å². The topological polar surface area (TPSA) is 79.5 Å². The van der Waals surface area contributed by atoms with Crippen LogP contribution in [0.25, 0.3) is 0 Å². The molecule has 0 spiro atoms. The summed E-state index contributed by atoms with van der Waals surface area (Å²) in [5, 5.41) is 0.390. The molecule has 0 aliphatic carbocycles. The second-order valence-electron chi connectivity index (χ2n) is 7.64. The van der Waals surface area contributed by atoms with Crippen LogP contribution in [0.2, 0.25) is 0 Å². The maximum atomic E-state index is 13.0. The molecule has 1 aromatic heterocycles. The van der Waals surface area contributed by atoms with Crippen molar-refractivity contribution in [2.24, 2.45) is 11.1 Å². The first-order valence-electron chi connectivity index (χ1n) is 9.33. The molecule has 1 aromatic rings. The highest BCUT2D eigenvalue weighted by Crippen LogP contribution is 2.32. The summed E-state index contributed by atoms with van der Waals surface area (Å²) in [6.07, 6.45) is 4.75. The van der Waals surface area contributed by atoms with Crippen molar-refractivity contribution in [3.63, 3.8) is 0 Å². The van der Waals surface area contributed by atoms with E-state index in [2.05, 4.69) is 11.9 Å². The molecule has 2 amide bonds. The third kappa shape index (κ3) is 4.04. The molecule has 2 N–H and O–H groups in total. The second kappa shape index (κ2) is 7.96. The minimum atomic E-state index is -0.248. The van der Waals surface area contributed by atoms with E-state index in [0.29, 0.717) is 30.2 Å². The third-order valence-electron chi connectivity index (χ3n) is 5.39. The van der Waals surface area contributed by atoms with Gasteiger partial charge in [0.05, 0.1) is 10.8 Å². The highest BCUT2D eigenvalue weighted by Gasteiger charge is 2.36. The van der Waals surface area contributed by atoms with E-state index in [-0.39, 0.29) is 22.5 Å². The number of hydrogen-bond acceptors (Lipinski definition) is 5. The Morgan fingerprint density at radius 1 is 1.31 bits per heavy atom. The Balaban J connectivity index is 1.72. The average molecular weight is 377 g/mol. The van der Waals surface area contributed by atoms with Crippen molar-refractivity contribution in [1.29, 1.82) is 0 Å². The van der Waals surface area contributed by atoms with Crippen LogP contribution in [-0.4, -0.2) is 64.6 Å². The standard InChI is InChI=1S/C19H28N4O2S/c1-14(17(24)22-9-3-4-10-22)26-16-15(6-5-8-21-16)18(25)23-11-7-19(2,12-20)13-23/h5-6,8,14H,3-4,7,9-13,20H2,1-2H3. The molecule has 2 aliphatic heterocycles. The van der Waals surface area contributed by atoms with Crippen LogP contribution in [0.15, 0.2) is 23.4 Å². The molecule has 0 radical (unpaired) electrons. The molecule has 0 aromatic carbocycles. The number of rotatable bonds is 5. The van der Waals surface area contributed by atoms with Crippen molar-refractivity contribution < 1.29 is 9.59 Å². The second-order valence-corrected chi connectivity index (χ2v) is 8.97. The zero-order chi connectivity index (χ0) is 18.7. The molecule has 7 heteroatoms. The van der Waals surface area contributed by atoms with Gasteiger partial charge in [-0.25, -0.2) is 4.98 Å². The van der Waals surface area contributed by atoms with Crippen molar-refractivity contribution in [2.75, 3.05) is 32.7 Å². The smallest absolute Gasteiger partial charge is 0.256 e. The van der Waals surface area contributed by atoms with Crippen LogP contribution in [0.3, 0.4) is 0 Å². The molecule has 3 heterocycles. The van der Waals surface area contributed by atoms with Crippen molar-refractivity contribution in [2.45, 2.75) is 43.4 Å². The number of carbonyl (C=O) groups excluding carboxylic acids is 2. The van der Waals surface area contributed by atoms with Crippen molar-refractivity contribution >= 4 is 23.6 Å². The van der Waals surface area contributed by atoms with Crippen molar-refractivity contribution in [1.82, 2.24) is 14.8 Å². The summed E-state index contributed by atoms with van der Waals surface area (Å²) in [5.41, 5.74) is 6.43. The SMILES string of the molecule is CC(Sc1ncccc1C(=O)N1CCC(C)(CN)C1)C(=O)N1CCCC1. The zero-order valence-corrected chi connectivity index (χ0v) is 16.4. The van der Waals surface area contributed by atoms with Gasteiger partial charge in [0.25, 0.3) is 5.91 Å². The molecule has 0 bridgehead atoms. The van der Waals surface area contributed by atoms with Crippen molar-refractivity contribution in [3.8, 4) is 0 Å². The predicted octanol–water partition coefficient (Wildman–Crippen LogP) is 2.00. The maximum Gasteiger partial charge on any atom is 0.256 e. The molecule has 2 unspecified atom stereocenters. The number of hydrogen-bond donors (Lipinski definition) is 1. The molecule has 142 valence electrons. The number of pyridine rings is 1. The van der Waals surface area contributed by atoms with Gasteiger partial charge < -0.3 is 15.5 Å². The Hall–Kier alpha value is -1.60. The predicted molar refractivity (Wildman–Crippen MR) is 103 cm³/mol. The normalized spacial score (nSPS) is 24.1. The zero-order valence-electron chi connectivity index (χ0n) is 15.6. The van der Waals surface area contributed by atoms with E-state index in [0.717, 1.165) is 32.4 Å². The fourth-order valence-electron chi connectivity index (χ4n) is 3.59. The summed E-state index contributed by atoms with van der Waals surface area (Å²) in [7, 11) is 0. The van der Waals surface area contributed by atoms with Crippen LogP contribution < -0.4 is 5.73 Å². The number of thioether (sulfide) groups is 1. The summed E-state index contributed by atoms with van der Waals surface area (Å²) in [6, 6.07) is 3.59. The highest BCUT2D eigenvalue weighted by atomic mass is 32.2. The lowest BCUT2D eigenvalue weighted by Crippen LogP contribution is -2.35. The maximum absolute atomic E-state index is 13.0. The van der Waals surface area contributed by atoms with Gasteiger partial charge in [0.1, 0.15) is 5.03 Å². The van der Waals surface area contributed by atoms with E-state index in [1.807, 2.05) is 22.8 Å². The highest BCUT2D eigenvalue weighted by molar-refractivity contribution is 8.00. The van der Waals surface area contributed by atoms with Gasteiger partial charge in [0, 0.05) is 32.4 Å². The molecule has 6 nitrogen and oxygen atoms in total. The van der Waals surface area contributed by atoms with Crippen LogP contribution in [0.1, 0.15) is 43.5 Å². The van der Waals surface area contributed by atoms with Gasteiger partial charge in [-0.3, -0.25) is 9.59 Å². The van der Waals surface area contributed by atoms with Crippen LogP contribution in [0, 0.1) is 5.41 Å². The number of nitrogens with two attached hydrogens (primary N) is 1. The number of amides is 2. The van der Waals surface area contributed by atoms with E-state index >= 15 is 0 Å². The Labute approximate surface area is 159 Å². The number of carbonyl (C=O) groups is 2. The first-order valence-corrected chi connectivity index (χ1v) is 10.2. The minimum absolute atomic E-state index is 0.00974. The summed E-state index contributed by atoms with van der Waals surface area (Å²) < 4.78 is 0. The monoisotopic (exact) mass is 376 g/mol. The van der Waals surface area contributed by atoms with Crippen molar-refractivity contribution in [3.05, 3.63) is 23.9 Å². The fraction of sp³-hybridized carbons (Fsp3) is 0.632. The van der Waals surface area contributed by atoms with E-state index in [1.165, 1.54) is 11.8 Å². The molecular weight excluding hydrogens is 348 g/mol. The van der Waals surface area contributed by atoms with Gasteiger partial charge in [-0.2, -0.15) is 0 Å². The van der Waals surface area contributed by atoms with Crippen LogP contribution in [0.5, 0.6) is 0 Å². The summed E-state index contributed by atoms with van der Waals surface area (Å²) in [6.45, 7) is 7.65. The lowest BCUT2D eigenvalue weighted by atomic mass is 9.90. The third-order valence-corrected chi connectivity index (χ3v) is 6.50. The largest absolute Gasteiger partial charge is 0.342 e. The number of aromatic nitrogens is 1. The first-order chi connectivity index (χ1) is 12.4. The molecule has 2 saturated heterocycles. The Morgan fingerprint density at radius 2 is 2.04 bits per heavy atom. The van der Waals surface area contributed by atoms with Crippen LogP contribution in [-0.2, 0) is 4.79 Å². The summed E-state index contributed by atoms with van der Waals surface area (Å²) >= 11 is 1.38. The Bertz CT molecular complexity index is 677. The Kier molecular flexibility index (Phi) is 5.87. The van der Waals surface area contributed by atoms with Gasteiger partial charge in [0.2, 0.25) is 5.91 Å². The molecule has 2 atom stereocenters. The van der Waals surface area contributed by atoms with Gasteiger partial charge in [0.15, 0.2) is 0 Å². The van der Waals surface area contributed by atoms with E-state index in [1.54, 1.807) is 12.3 Å². The van der Waals surface area contributed by atoms with Crippen LogP contribution in [0.4, 0.5) is 0 Å². The average Bonchev–Trinajstić information content (AvgIpc) is 3.31. The number of likely N-dealkylation sites (tertiary alicyclic amines) is 2. The summed E-state index contributed by atoms with van der Waals surface area (Å²) in [5.74, 6) is 0.118. The first kappa shape index (κ1) is 19.2. The molecule has 0 saturated carbocycles. The van der Waals surface area contributed by atoms with E-state index < -0.39 is 0 Å². The number of nitrogens with zero attached hydrogens (tertiary/aromatic N) is 3. The quantitative estimate of drug-likeness (QED) is 0.795. The lowest BCUT2D eigenvalue weighted by molar-refractivity contribution is -0.129. The Morgan fingerprint density at radius 3 is 2.69 bits per heavy atom. The van der Waals surface area contributed by atoms with Gasteiger partial charge in [-0.05, 0) is 50.3 Å². The van der Waals surface area contributed by atoms with E-state index in [9.17, 15) is 9.59 Å². The van der Waals surface area contributed by atoms with Gasteiger partial charge in [-0.1, -0.05) is 18.7 Å². The molecule has 3 rings (SSSR count). The molecule has 2 fully saturated rings.